The fraction of sp³-hybridized carbons (Fsp3) is 0.700. The van der Waals surface area contributed by atoms with E-state index in [1.54, 1.807) is 21.9 Å². The molecule has 0 N–H and O–H groups in total. The Balaban J connectivity index is 0.963. The van der Waals surface area contributed by atoms with Gasteiger partial charge in [-0.05, 0) is 63.5 Å². The van der Waals surface area contributed by atoms with Crippen LogP contribution in [0.2, 0.25) is 0 Å². The number of piperidine rings is 2. The first-order valence-electron chi connectivity index (χ1n) is 15.1. The van der Waals surface area contributed by atoms with Crippen molar-refractivity contribution in [3.8, 4) is 0 Å². The summed E-state index contributed by atoms with van der Waals surface area (Å²) in [6.45, 7) is 5.11. The van der Waals surface area contributed by atoms with Crippen molar-refractivity contribution < 1.29 is 28.2 Å². The molecule has 220 valence electrons. The van der Waals surface area contributed by atoms with E-state index < -0.39 is 5.82 Å². The van der Waals surface area contributed by atoms with Gasteiger partial charge in [0, 0.05) is 52.4 Å². The lowest BCUT2D eigenvalue weighted by molar-refractivity contribution is -0.135. The van der Waals surface area contributed by atoms with Gasteiger partial charge in [-0.15, -0.1) is 0 Å². The van der Waals surface area contributed by atoms with Gasteiger partial charge in [-0.2, -0.15) is 0 Å². The maximum atomic E-state index is 14.0. The predicted molar refractivity (Wildman–Crippen MR) is 147 cm³/mol. The molecule has 3 saturated heterocycles. The Morgan fingerprint density at radius 3 is 1.95 bits per heavy atom. The van der Waals surface area contributed by atoms with Crippen LogP contribution in [0.25, 0.3) is 0 Å². The maximum absolute atomic E-state index is 14.0. The molecule has 0 spiro atoms. The molecular weight excluding hydrogens is 515 g/mol. The average molecular weight is 559 g/mol. The molecule has 1 aromatic rings. The third kappa shape index (κ3) is 7.51. The zero-order chi connectivity index (χ0) is 27.9. The van der Waals surface area contributed by atoms with E-state index in [-0.39, 0.29) is 41.8 Å². The predicted octanol–water partition coefficient (Wildman–Crippen LogP) is 3.52. The van der Waals surface area contributed by atoms with Crippen molar-refractivity contribution in [3.63, 3.8) is 0 Å². The van der Waals surface area contributed by atoms with Crippen LogP contribution in [0, 0.1) is 5.82 Å². The Morgan fingerprint density at radius 2 is 1.30 bits per heavy atom. The third-order valence-electron chi connectivity index (χ3n) is 8.82. The zero-order valence-corrected chi connectivity index (χ0v) is 23.5. The monoisotopic (exact) mass is 558 g/mol. The van der Waals surface area contributed by atoms with Crippen molar-refractivity contribution in [3.05, 3.63) is 35.6 Å². The Morgan fingerprint density at radius 1 is 0.700 bits per heavy atom. The van der Waals surface area contributed by atoms with Crippen LogP contribution in [-0.4, -0.2) is 115 Å². The maximum Gasteiger partial charge on any atom is 0.410 e. The number of carbonyl (C=O) groups is 3. The van der Waals surface area contributed by atoms with Crippen LogP contribution in [0.4, 0.5) is 9.18 Å². The molecule has 4 fully saturated rings. The molecule has 9 nitrogen and oxygen atoms in total. The second kappa shape index (κ2) is 13.8. The number of carbonyl (C=O) groups excluding carboxylic acids is 3. The van der Waals surface area contributed by atoms with Crippen LogP contribution in [0.3, 0.4) is 0 Å². The molecule has 0 atom stereocenters. The van der Waals surface area contributed by atoms with Crippen molar-refractivity contribution in [1.29, 1.82) is 0 Å². The normalized spacial score (nSPS) is 22.4. The van der Waals surface area contributed by atoms with E-state index in [0.29, 0.717) is 45.8 Å². The minimum atomic E-state index is -0.515. The second-order valence-electron chi connectivity index (χ2n) is 11.6. The molecule has 3 heterocycles. The summed E-state index contributed by atoms with van der Waals surface area (Å²) >= 11 is 0. The number of likely N-dealkylation sites (tertiary alicyclic amines) is 2. The third-order valence-corrected chi connectivity index (χ3v) is 8.82. The summed E-state index contributed by atoms with van der Waals surface area (Å²) in [6.07, 6.45) is 9.26. The lowest BCUT2D eigenvalue weighted by atomic mass is 9.98. The SMILES string of the molecule is O=C(CN1CCC(OC2CCN(C(=O)OC3CCCCC3)CC2)CC1)N1CCN(C(=O)c2ccccc2F)CC1. The standard InChI is InChI=1S/C30H43FN4O5/c31-27-9-5-4-8-26(27)29(37)34-20-18-33(19-21-34)28(36)22-32-14-10-24(11-15-32)39-25-12-16-35(17-13-25)30(38)40-23-6-2-1-3-7-23/h4-5,8-9,23-25H,1-3,6-7,10-22H2. The summed E-state index contributed by atoms with van der Waals surface area (Å²) in [6, 6.07) is 6.02. The second-order valence-corrected chi connectivity index (χ2v) is 11.6. The molecule has 3 amide bonds. The van der Waals surface area contributed by atoms with Gasteiger partial charge in [0.1, 0.15) is 11.9 Å². The van der Waals surface area contributed by atoms with Crippen LogP contribution in [0.1, 0.15) is 68.1 Å². The summed E-state index contributed by atoms with van der Waals surface area (Å²) in [5, 5.41) is 0. The molecule has 0 radical (unpaired) electrons. The fourth-order valence-electron chi connectivity index (χ4n) is 6.31. The summed E-state index contributed by atoms with van der Waals surface area (Å²) in [5.74, 6) is -0.763. The fourth-order valence-corrected chi connectivity index (χ4v) is 6.31. The number of hydrogen-bond acceptors (Lipinski definition) is 6. The quantitative estimate of drug-likeness (QED) is 0.532. The van der Waals surface area contributed by atoms with Gasteiger partial charge in [0.15, 0.2) is 0 Å². The van der Waals surface area contributed by atoms with E-state index in [1.165, 1.54) is 18.6 Å². The van der Waals surface area contributed by atoms with Gasteiger partial charge in [-0.3, -0.25) is 14.5 Å². The molecule has 5 rings (SSSR count). The number of rotatable bonds is 6. The van der Waals surface area contributed by atoms with E-state index in [0.717, 1.165) is 64.5 Å². The van der Waals surface area contributed by atoms with E-state index in [2.05, 4.69) is 4.90 Å². The molecule has 0 unspecified atom stereocenters. The highest BCUT2D eigenvalue weighted by molar-refractivity contribution is 5.94. The van der Waals surface area contributed by atoms with E-state index in [9.17, 15) is 18.8 Å². The number of piperazine rings is 1. The van der Waals surface area contributed by atoms with Crippen molar-refractivity contribution >= 4 is 17.9 Å². The highest BCUT2D eigenvalue weighted by atomic mass is 19.1. The largest absolute Gasteiger partial charge is 0.446 e. The summed E-state index contributed by atoms with van der Waals surface area (Å²) in [4.78, 5) is 45.5. The van der Waals surface area contributed by atoms with Crippen molar-refractivity contribution in [2.45, 2.75) is 76.1 Å². The van der Waals surface area contributed by atoms with Gasteiger partial charge in [0.25, 0.3) is 5.91 Å². The minimum absolute atomic E-state index is 0.0739. The molecular formula is C30H43FN4O5. The Labute approximate surface area is 236 Å². The number of nitrogens with zero attached hydrogens (tertiary/aromatic N) is 4. The molecule has 40 heavy (non-hydrogen) atoms. The van der Waals surface area contributed by atoms with Gasteiger partial charge in [-0.1, -0.05) is 18.6 Å². The van der Waals surface area contributed by atoms with Crippen molar-refractivity contribution in [1.82, 2.24) is 19.6 Å². The highest BCUT2D eigenvalue weighted by Crippen LogP contribution is 2.24. The topological polar surface area (TPSA) is 82.6 Å². The average Bonchev–Trinajstić information content (AvgIpc) is 2.99. The van der Waals surface area contributed by atoms with Gasteiger partial charge in [0.2, 0.25) is 5.91 Å². The van der Waals surface area contributed by atoms with E-state index >= 15 is 0 Å². The summed E-state index contributed by atoms with van der Waals surface area (Å²) < 4.78 is 26.1. The molecule has 10 heteroatoms. The minimum Gasteiger partial charge on any atom is -0.446 e. The first kappa shape index (κ1) is 28.8. The number of ether oxygens (including phenoxy) is 2. The highest BCUT2D eigenvalue weighted by Gasteiger charge is 2.31. The van der Waals surface area contributed by atoms with Gasteiger partial charge < -0.3 is 24.2 Å². The van der Waals surface area contributed by atoms with Crippen molar-refractivity contribution in [2.24, 2.45) is 0 Å². The molecule has 1 saturated carbocycles. The zero-order valence-electron chi connectivity index (χ0n) is 23.5. The Hall–Kier alpha value is -2.72. The van der Waals surface area contributed by atoms with Gasteiger partial charge >= 0.3 is 6.09 Å². The van der Waals surface area contributed by atoms with Crippen LogP contribution in [-0.2, 0) is 14.3 Å². The van der Waals surface area contributed by atoms with Crippen LogP contribution >= 0.6 is 0 Å². The Bertz CT molecular complexity index is 1010. The van der Waals surface area contributed by atoms with E-state index in [1.807, 2.05) is 4.90 Å². The lowest BCUT2D eigenvalue weighted by Crippen LogP contribution is -2.53. The molecule has 1 aromatic carbocycles. The summed E-state index contributed by atoms with van der Waals surface area (Å²) in [5.41, 5.74) is 0.0788. The van der Waals surface area contributed by atoms with Crippen molar-refractivity contribution in [2.75, 3.05) is 58.9 Å². The first-order chi connectivity index (χ1) is 19.5. The van der Waals surface area contributed by atoms with E-state index in [4.69, 9.17) is 9.47 Å². The number of benzene rings is 1. The van der Waals surface area contributed by atoms with Crippen LogP contribution in [0.5, 0.6) is 0 Å². The number of halogens is 1. The molecule has 0 bridgehead atoms. The Kier molecular flexibility index (Phi) is 9.91. The van der Waals surface area contributed by atoms with Gasteiger partial charge in [-0.25, -0.2) is 9.18 Å². The van der Waals surface area contributed by atoms with Crippen LogP contribution < -0.4 is 0 Å². The first-order valence-corrected chi connectivity index (χ1v) is 15.1. The smallest absolute Gasteiger partial charge is 0.410 e. The lowest BCUT2D eigenvalue weighted by Gasteiger charge is -2.38. The summed E-state index contributed by atoms with van der Waals surface area (Å²) in [7, 11) is 0. The van der Waals surface area contributed by atoms with Crippen LogP contribution in [0.15, 0.2) is 24.3 Å². The molecule has 0 aromatic heterocycles. The number of amides is 3. The molecule has 1 aliphatic carbocycles. The molecule has 4 aliphatic rings. The van der Waals surface area contributed by atoms with Gasteiger partial charge in [0.05, 0.1) is 24.3 Å². The number of hydrogen-bond donors (Lipinski definition) is 0. The molecule has 3 aliphatic heterocycles.